The van der Waals surface area contributed by atoms with Crippen molar-refractivity contribution in [2.24, 2.45) is 14.1 Å². The maximum Gasteiger partial charge on any atom is 0.332 e. The van der Waals surface area contributed by atoms with Gasteiger partial charge in [-0.25, -0.2) is 9.78 Å². The molecule has 204 valence electrons. The van der Waals surface area contributed by atoms with Crippen LogP contribution in [0.2, 0.25) is 0 Å². The first-order valence-electron chi connectivity index (χ1n) is 11.9. The molecule has 1 saturated heterocycles. The van der Waals surface area contributed by atoms with Crippen LogP contribution in [0.4, 0.5) is 5.69 Å². The molecule has 0 amide bonds. The van der Waals surface area contributed by atoms with Crippen LogP contribution >= 0.6 is 0 Å². The first-order valence-corrected chi connectivity index (χ1v) is 13.5. The lowest BCUT2D eigenvalue weighted by atomic mass is 10.2. The van der Waals surface area contributed by atoms with Gasteiger partial charge in [-0.15, -0.1) is 0 Å². The average Bonchev–Trinajstić information content (AvgIpc) is 3.31. The summed E-state index contributed by atoms with van der Waals surface area (Å²) in [5.74, 6) is -0.404. The smallest absolute Gasteiger partial charge is 0.332 e. The average molecular weight is 539 g/mol. The summed E-state index contributed by atoms with van der Waals surface area (Å²) in [5.41, 5.74) is 0.753. The number of hydrogen-bond acceptors (Lipinski definition) is 9. The number of fused-ring (bicyclic) bond motifs is 1. The van der Waals surface area contributed by atoms with E-state index in [1.54, 1.807) is 0 Å². The van der Waals surface area contributed by atoms with Crippen molar-refractivity contribution in [2.75, 3.05) is 50.0 Å². The second-order valence-corrected chi connectivity index (χ2v) is 10.5. The zero-order chi connectivity index (χ0) is 27.2. The standard InChI is InChI=1S/C13H20N2O2.C10H14N4O5S/c16-11-13(17)10-14-6-8-15(9-7-14)12-4-2-1-3-5-12;1-12-8-7(9(15)13(2)10(12)16)14(6-11-8)4-3-5-20(17,18)19/h1-5,13,16-17H,6-11H2;6H,3-5H2,1-2H3,(H,17,18,19). The molecule has 1 aliphatic heterocycles. The van der Waals surface area contributed by atoms with Crippen LogP contribution in [0.25, 0.3) is 11.2 Å². The summed E-state index contributed by atoms with van der Waals surface area (Å²) in [5, 5.41) is 18.2. The third kappa shape index (κ3) is 7.49. The molecule has 0 spiro atoms. The van der Waals surface area contributed by atoms with Gasteiger partial charge in [-0.1, -0.05) is 18.2 Å². The number of benzene rings is 1. The number of aliphatic hydroxyl groups excluding tert-OH is 2. The van der Waals surface area contributed by atoms with Gasteiger partial charge < -0.3 is 19.7 Å². The van der Waals surface area contributed by atoms with Crippen molar-refractivity contribution in [3.63, 3.8) is 0 Å². The quantitative estimate of drug-likeness (QED) is 0.299. The van der Waals surface area contributed by atoms with Crippen molar-refractivity contribution in [1.29, 1.82) is 0 Å². The highest BCUT2D eigenvalue weighted by atomic mass is 32.2. The topological polar surface area (TPSA) is 163 Å². The maximum absolute atomic E-state index is 12.1. The van der Waals surface area contributed by atoms with E-state index in [2.05, 4.69) is 39.0 Å². The summed E-state index contributed by atoms with van der Waals surface area (Å²) in [6.07, 6.45) is 0.893. The third-order valence-electron chi connectivity index (χ3n) is 6.19. The van der Waals surface area contributed by atoms with Crippen molar-refractivity contribution in [2.45, 2.75) is 19.1 Å². The number of imidazole rings is 1. The third-order valence-corrected chi connectivity index (χ3v) is 7.00. The Labute approximate surface area is 214 Å². The first kappa shape index (κ1) is 28.5. The summed E-state index contributed by atoms with van der Waals surface area (Å²) >= 11 is 0. The van der Waals surface area contributed by atoms with Crippen LogP contribution in [0.1, 0.15) is 6.42 Å². The molecule has 1 aliphatic rings. The van der Waals surface area contributed by atoms with Crippen molar-refractivity contribution in [1.82, 2.24) is 23.6 Å². The second kappa shape index (κ2) is 12.5. The van der Waals surface area contributed by atoms with Gasteiger partial charge in [0.25, 0.3) is 15.7 Å². The zero-order valence-electron chi connectivity index (χ0n) is 21.0. The molecule has 1 atom stereocenters. The normalized spacial score (nSPS) is 15.4. The molecule has 2 aromatic heterocycles. The maximum atomic E-state index is 12.1. The molecule has 4 rings (SSSR count). The fourth-order valence-electron chi connectivity index (χ4n) is 4.17. The van der Waals surface area contributed by atoms with E-state index < -0.39 is 33.2 Å². The molecule has 0 radical (unpaired) electrons. The highest BCUT2D eigenvalue weighted by Crippen LogP contribution is 2.15. The summed E-state index contributed by atoms with van der Waals surface area (Å²) in [4.78, 5) is 32.3. The van der Waals surface area contributed by atoms with E-state index in [0.717, 1.165) is 30.7 Å². The number of hydrogen-bond donors (Lipinski definition) is 3. The van der Waals surface area contributed by atoms with E-state index in [-0.39, 0.29) is 30.7 Å². The minimum Gasteiger partial charge on any atom is -0.394 e. The number of aliphatic hydroxyl groups is 2. The number of anilines is 1. The first-order chi connectivity index (χ1) is 17.5. The predicted octanol–water partition coefficient (Wildman–Crippen LogP) is -1.13. The van der Waals surface area contributed by atoms with Gasteiger partial charge in [0.2, 0.25) is 0 Å². The van der Waals surface area contributed by atoms with Gasteiger partial charge in [0, 0.05) is 59.1 Å². The van der Waals surface area contributed by atoms with Gasteiger partial charge in [0.15, 0.2) is 11.2 Å². The highest BCUT2D eigenvalue weighted by Gasteiger charge is 2.19. The molecule has 1 unspecified atom stereocenters. The Balaban J connectivity index is 0.000000208. The van der Waals surface area contributed by atoms with Crippen LogP contribution in [0.3, 0.4) is 0 Å². The fraction of sp³-hybridized carbons (Fsp3) is 0.522. The number of rotatable bonds is 8. The number of β-amino-alcohol motifs (C(OH)–C–C–N with tert-alkyl or cyclic N) is 1. The van der Waals surface area contributed by atoms with Crippen LogP contribution in [-0.4, -0.2) is 98.0 Å². The minimum atomic E-state index is -4.04. The van der Waals surface area contributed by atoms with Gasteiger partial charge in [-0.3, -0.25) is 23.4 Å². The molecule has 3 heterocycles. The molecule has 3 aromatic rings. The summed E-state index contributed by atoms with van der Waals surface area (Å²) in [6.45, 7) is 4.43. The molecule has 0 bridgehead atoms. The number of piperazine rings is 1. The van der Waals surface area contributed by atoms with E-state index >= 15 is 0 Å². The van der Waals surface area contributed by atoms with E-state index in [1.165, 1.54) is 35.2 Å². The zero-order valence-corrected chi connectivity index (χ0v) is 21.8. The predicted molar refractivity (Wildman–Crippen MR) is 139 cm³/mol. The summed E-state index contributed by atoms with van der Waals surface area (Å²) in [6, 6.07) is 10.4. The van der Waals surface area contributed by atoms with E-state index in [0.29, 0.717) is 6.54 Å². The highest BCUT2D eigenvalue weighted by molar-refractivity contribution is 7.85. The van der Waals surface area contributed by atoms with Gasteiger partial charge in [-0.05, 0) is 18.6 Å². The number of aryl methyl sites for hydroxylation is 2. The van der Waals surface area contributed by atoms with Gasteiger partial charge in [-0.2, -0.15) is 8.42 Å². The Bertz CT molecular complexity index is 1390. The van der Waals surface area contributed by atoms with Gasteiger partial charge in [0.05, 0.1) is 24.8 Å². The van der Waals surface area contributed by atoms with Crippen LogP contribution < -0.4 is 16.1 Å². The Morgan fingerprint density at radius 3 is 2.27 bits per heavy atom. The molecule has 1 fully saturated rings. The molecule has 3 N–H and O–H groups in total. The molecule has 14 heteroatoms. The SMILES string of the molecule is Cn1c(=O)c2c(ncn2CCCS(=O)(=O)O)n(C)c1=O.OCC(O)CN1CCN(c2ccccc2)CC1. The van der Waals surface area contributed by atoms with Crippen LogP contribution in [0.15, 0.2) is 46.2 Å². The molecule has 0 aliphatic carbocycles. The van der Waals surface area contributed by atoms with Gasteiger partial charge >= 0.3 is 5.69 Å². The fourth-order valence-corrected chi connectivity index (χ4v) is 4.66. The Morgan fingerprint density at radius 1 is 1.03 bits per heavy atom. The second-order valence-electron chi connectivity index (χ2n) is 8.92. The van der Waals surface area contributed by atoms with Crippen molar-refractivity contribution in [3.8, 4) is 0 Å². The minimum absolute atomic E-state index is 0.135. The lowest BCUT2D eigenvalue weighted by Gasteiger charge is -2.36. The van der Waals surface area contributed by atoms with Crippen molar-refractivity contribution < 1.29 is 23.2 Å². The summed E-state index contributed by atoms with van der Waals surface area (Å²) in [7, 11) is -1.18. The van der Waals surface area contributed by atoms with Crippen molar-refractivity contribution in [3.05, 3.63) is 57.5 Å². The largest absolute Gasteiger partial charge is 0.394 e. The van der Waals surface area contributed by atoms with Crippen molar-refractivity contribution >= 4 is 27.0 Å². The Kier molecular flexibility index (Phi) is 9.62. The molecule has 37 heavy (non-hydrogen) atoms. The lowest BCUT2D eigenvalue weighted by molar-refractivity contribution is 0.0575. The number of nitrogens with zero attached hydrogens (tertiary/aromatic N) is 6. The Hall–Kier alpha value is -3.04. The van der Waals surface area contributed by atoms with E-state index in [9.17, 15) is 23.1 Å². The van der Waals surface area contributed by atoms with Gasteiger partial charge in [0.1, 0.15) is 0 Å². The molecular weight excluding hydrogens is 504 g/mol. The van der Waals surface area contributed by atoms with Crippen LogP contribution in [0.5, 0.6) is 0 Å². The molecule has 0 saturated carbocycles. The Morgan fingerprint density at radius 2 is 1.68 bits per heavy atom. The van der Waals surface area contributed by atoms with Crippen LogP contribution in [0, 0.1) is 0 Å². The van der Waals surface area contributed by atoms with Crippen LogP contribution in [-0.2, 0) is 30.8 Å². The number of aromatic nitrogens is 4. The van der Waals surface area contributed by atoms with E-state index in [1.807, 2.05) is 6.07 Å². The number of para-hydroxylation sites is 1. The molecular formula is C23H34N6O7S. The summed E-state index contributed by atoms with van der Waals surface area (Å²) < 4.78 is 33.7. The monoisotopic (exact) mass is 538 g/mol. The van der Waals surface area contributed by atoms with E-state index in [4.69, 9.17) is 9.66 Å². The lowest BCUT2D eigenvalue weighted by Crippen LogP contribution is -2.49. The molecule has 13 nitrogen and oxygen atoms in total. The molecule has 1 aromatic carbocycles.